The monoisotopic (exact) mass is 444 g/mol. The molecule has 0 N–H and O–H groups in total. The second-order valence-electron chi connectivity index (χ2n) is 9.28. The Balaban J connectivity index is 2.10. The van der Waals surface area contributed by atoms with Gasteiger partial charge in [-0.05, 0) is 47.1 Å². The Bertz CT molecular complexity index is 953. The standard InChI is InChI=1S/C25H32O7/c1-8-12(3)22(27)30-17-11-15(6)18-16(26)10-14(5)19(18)21-20(17)25(7,24(29)31-21)32-23(28)13(4)9-2/h8,10,13,17,19-21H,9,11H2,1-7H3/b12-8-/t13-,17+,19-,20-,21+,25+/m1/s1. The molecular formula is C25H32O7. The minimum atomic E-state index is -1.64. The summed E-state index contributed by atoms with van der Waals surface area (Å²) in [7, 11) is 0. The molecule has 0 aromatic carbocycles. The highest BCUT2D eigenvalue weighted by atomic mass is 16.6. The molecule has 1 heterocycles. The van der Waals surface area contributed by atoms with E-state index >= 15 is 0 Å². The van der Waals surface area contributed by atoms with Crippen LogP contribution in [-0.2, 0) is 33.4 Å². The third kappa shape index (κ3) is 3.82. The molecule has 3 aliphatic rings. The molecule has 0 spiro atoms. The van der Waals surface area contributed by atoms with Gasteiger partial charge in [0.1, 0.15) is 12.2 Å². The van der Waals surface area contributed by atoms with Gasteiger partial charge in [-0.2, -0.15) is 0 Å². The van der Waals surface area contributed by atoms with Crippen LogP contribution in [-0.4, -0.2) is 41.5 Å². The molecule has 1 aliphatic heterocycles. The number of ketones is 1. The molecule has 2 aliphatic carbocycles. The highest BCUT2D eigenvalue weighted by molar-refractivity contribution is 6.09. The molecule has 0 radical (unpaired) electrons. The van der Waals surface area contributed by atoms with E-state index in [2.05, 4.69) is 0 Å². The number of ether oxygens (including phenoxy) is 3. The fourth-order valence-electron chi connectivity index (χ4n) is 4.85. The van der Waals surface area contributed by atoms with Crippen LogP contribution in [0.1, 0.15) is 61.3 Å². The lowest BCUT2D eigenvalue weighted by atomic mass is 9.77. The molecular weight excluding hydrogens is 412 g/mol. The van der Waals surface area contributed by atoms with Crippen molar-refractivity contribution in [2.24, 2.45) is 17.8 Å². The molecule has 7 heteroatoms. The SMILES string of the molecule is C/C=C(/C)C(=O)O[C@H]1CC(C)=C2C(=O)C=C(C)[C@H]2[C@@H]2OC(=O)[C@@](C)(OC(=O)[C@H](C)CC)[C@@H]21. The smallest absolute Gasteiger partial charge is 0.351 e. The van der Waals surface area contributed by atoms with Crippen molar-refractivity contribution in [2.45, 2.75) is 79.1 Å². The number of carbonyl (C=O) groups is 4. The molecule has 0 bridgehead atoms. The first-order valence-corrected chi connectivity index (χ1v) is 11.2. The number of hydrogen-bond acceptors (Lipinski definition) is 7. The van der Waals surface area contributed by atoms with E-state index in [1.54, 1.807) is 32.9 Å². The number of allylic oxidation sites excluding steroid dienone is 2. The zero-order valence-corrected chi connectivity index (χ0v) is 19.8. The predicted octanol–water partition coefficient (Wildman–Crippen LogP) is 3.62. The third-order valence-electron chi connectivity index (χ3n) is 7.10. The number of rotatable bonds is 5. The van der Waals surface area contributed by atoms with Gasteiger partial charge < -0.3 is 14.2 Å². The summed E-state index contributed by atoms with van der Waals surface area (Å²) in [5, 5.41) is 0. The van der Waals surface area contributed by atoms with Crippen LogP contribution in [0.15, 0.2) is 34.4 Å². The summed E-state index contributed by atoms with van der Waals surface area (Å²) in [6.45, 7) is 12.2. The average Bonchev–Trinajstić information content (AvgIpc) is 3.12. The van der Waals surface area contributed by atoms with Crippen LogP contribution in [0.4, 0.5) is 0 Å². The average molecular weight is 445 g/mol. The van der Waals surface area contributed by atoms with Gasteiger partial charge in [0.2, 0.25) is 5.60 Å². The summed E-state index contributed by atoms with van der Waals surface area (Å²) in [6.07, 6.45) is 2.42. The Hall–Kier alpha value is -2.70. The summed E-state index contributed by atoms with van der Waals surface area (Å²) >= 11 is 0. The van der Waals surface area contributed by atoms with Crippen molar-refractivity contribution in [2.75, 3.05) is 0 Å². The molecule has 3 rings (SSSR count). The van der Waals surface area contributed by atoms with Crippen LogP contribution in [0, 0.1) is 17.8 Å². The zero-order chi connectivity index (χ0) is 24.0. The van der Waals surface area contributed by atoms with Gasteiger partial charge in [0.15, 0.2) is 5.78 Å². The van der Waals surface area contributed by atoms with E-state index in [0.717, 1.165) is 11.1 Å². The van der Waals surface area contributed by atoms with Crippen LogP contribution in [0.2, 0.25) is 0 Å². The molecule has 6 atom stereocenters. The predicted molar refractivity (Wildman–Crippen MR) is 116 cm³/mol. The molecule has 32 heavy (non-hydrogen) atoms. The van der Waals surface area contributed by atoms with Gasteiger partial charge in [-0.15, -0.1) is 0 Å². The molecule has 0 amide bonds. The van der Waals surface area contributed by atoms with E-state index in [9.17, 15) is 19.2 Å². The van der Waals surface area contributed by atoms with Crippen molar-refractivity contribution in [1.29, 1.82) is 0 Å². The quantitative estimate of drug-likeness (QED) is 0.363. The molecule has 0 saturated carbocycles. The lowest BCUT2D eigenvalue weighted by Gasteiger charge is -2.35. The Kier molecular flexibility index (Phi) is 6.50. The molecule has 0 aromatic rings. The minimum Gasteiger partial charge on any atom is -0.458 e. The lowest BCUT2D eigenvalue weighted by Crippen LogP contribution is -2.51. The number of fused-ring (bicyclic) bond motifs is 3. The van der Waals surface area contributed by atoms with Crippen molar-refractivity contribution < 1.29 is 33.4 Å². The maximum atomic E-state index is 13.1. The molecule has 174 valence electrons. The molecule has 7 nitrogen and oxygen atoms in total. The maximum absolute atomic E-state index is 13.1. The van der Waals surface area contributed by atoms with E-state index in [0.29, 0.717) is 17.6 Å². The Morgan fingerprint density at radius 2 is 1.97 bits per heavy atom. The van der Waals surface area contributed by atoms with Crippen LogP contribution >= 0.6 is 0 Å². The minimum absolute atomic E-state index is 0.124. The molecule has 0 unspecified atom stereocenters. The highest BCUT2D eigenvalue weighted by Gasteiger charge is 2.65. The summed E-state index contributed by atoms with van der Waals surface area (Å²) in [4.78, 5) is 51.2. The fourth-order valence-corrected chi connectivity index (χ4v) is 4.85. The van der Waals surface area contributed by atoms with Crippen molar-refractivity contribution in [3.05, 3.63) is 34.4 Å². The van der Waals surface area contributed by atoms with E-state index in [1.807, 2.05) is 20.8 Å². The van der Waals surface area contributed by atoms with Gasteiger partial charge in [0, 0.05) is 23.5 Å². The first kappa shape index (κ1) is 24.0. The molecule has 0 aromatic heterocycles. The topological polar surface area (TPSA) is 96.0 Å². The summed E-state index contributed by atoms with van der Waals surface area (Å²) in [5.74, 6) is -3.45. The Labute approximate surface area is 188 Å². The summed E-state index contributed by atoms with van der Waals surface area (Å²) < 4.78 is 17.5. The fraction of sp³-hybridized carbons (Fsp3) is 0.600. The van der Waals surface area contributed by atoms with Crippen LogP contribution in [0.5, 0.6) is 0 Å². The van der Waals surface area contributed by atoms with Gasteiger partial charge in [-0.25, -0.2) is 9.59 Å². The number of hydrogen-bond donors (Lipinski definition) is 0. The highest BCUT2D eigenvalue weighted by Crippen LogP contribution is 2.51. The number of carbonyl (C=O) groups excluding carboxylic acids is 4. The van der Waals surface area contributed by atoms with Gasteiger partial charge in [0.25, 0.3) is 0 Å². The molecule has 1 saturated heterocycles. The van der Waals surface area contributed by atoms with Crippen molar-refractivity contribution in [3.63, 3.8) is 0 Å². The van der Waals surface area contributed by atoms with Crippen LogP contribution < -0.4 is 0 Å². The maximum Gasteiger partial charge on any atom is 0.351 e. The van der Waals surface area contributed by atoms with Gasteiger partial charge >= 0.3 is 17.9 Å². The normalized spacial score (nSPS) is 33.1. The zero-order valence-electron chi connectivity index (χ0n) is 19.8. The second-order valence-corrected chi connectivity index (χ2v) is 9.28. The second kappa shape index (κ2) is 8.68. The summed E-state index contributed by atoms with van der Waals surface area (Å²) in [6, 6.07) is 0. The van der Waals surface area contributed by atoms with Gasteiger partial charge in [-0.3, -0.25) is 9.59 Å². The lowest BCUT2D eigenvalue weighted by molar-refractivity contribution is -0.181. The third-order valence-corrected chi connectivity index (χ3v) is 7.10. The Morgan fingerprint density at radius 3 is 2.56 bits per heavy atom. The van der Waals surface area contributed by atoms with Gasteiger partial charge in [0.05, 0.1) is 11.8 Å². The first-order chi connectivity index (χ1) is 15.0. The largest absolute Gasteiger partial charge is 0.458 e. The number of esters is 3. The van der Waals surface area contributed by atoms with Crippen LogP contribution in [0.3, 0.4) is 0 Å². The summed E-state index contributed by atoms with van der Waals surface area (Å²) in [5.41, 5.74) is 0.921. The van der Waals surface area contributed by atoms with Crippen molar-refractivity contribution >= 4 is 23.7 Å². The van der Waals surface area contributed by atoms with Crippen LogP contribution in [0.25, 0.3) is 0 Å². The van der Waals surface area contributed by atoms with E-state index in [4.69, 9.17) is 14.2 Å². The van der Waals surface area contributed by atoms with E-state index < -0.39 is 53.5 Å². The van der Waals surface area contributed by atoms with Crippen molar-refractivity contribution in [1.82, 2.24) is 0 Å². The van der Waals surface area contributed by atoms with E-state index in [-0.39, 0.29) is 12.2 Å². The Morgan fingerprint density at radius 1 is 1.31 bits per heavy atom. The van der Waals surface area contributed by atoms with E-state index in [1.165, 1.54) is 6.92 Å². The van der Waals surface area contributed by atoms with Gasteiger partial charge in [-0.1, -0.05) is 31.1 Å². The first-order valence-electron chi connectivity index (χ1n) is 11.2. The van der Waals surface area contributed by atoms with Crippen molar-refractivity contribution in [3.8, 4) is 0 Å². The molecule has 1 fully saturated rings.